The van der Waals surface area contributed by atoms with Crippen molar-refractivity contribution in [3.05, 3.63) is 15.5 Å². The number of hydrogen-bond donors (Lipinski definition) is 2. The average molecular weight is 454 g/mol. The van der Waals surface area contributed by atoms with Gasteiger partial charge in [-0.25, -0.2) is 0 Å². The molecule has 0 aliphatic heterocycles. The first-order valence-electron chi connectivity index (χ1n) is 4.24. The molecule has 0 aliphatic carbocycles. The molecule has 112 valence electrons. The number of methoxy groups -OCH3 is 1. The van der Waals surface area contributed by atoms with E-state index in [1.165, 1.54) is 0 Å². The van der Waals surface area contributed by atoms with Gasteiger partial charge in [0.05, 0.1) is 11.6 Å². The van der Waals surface area contributed by atoms with Crippen molar-refractivity contribution in [3.63, 3.8) is 0 Å². The number of halogens is 2. The fraction of sp³-hybridized carbons (Fsp3) is 0.143. The summed E-state index contributed by atoms with van der Waals surface area (Å²) >= 11 is 2.81. The Morgan fingerprint density at radius 3 is 2.05 bits per heavy atom. The molecule has 1 aromatic rings. The number of ether oxygens (including phenoxy) is 1. The highest BCUT2D eigenvalue weighted by Crippen LogP contribution is 2.43. The molecule has 13 heteroatoms. The Morgan fingerprint density at radius 2 is 1.75 bits per heavy atom. The van der Waals surface area contributed by atoms with Crippen LogP contribution in [0.1, 0.15) is 0 Å². The number of benzene rings is 1. The predicted octanol–water partition coefficient (Wildman–Crippen LogP) is -1.56. The smallest absolute Gasteiger partial charge is 0.430 e. The molecule has 0 aromatic heterocycles. The minimum atomic E-state index is -4.98. The predicted molar refractivity (Wildman–Crippen MR) is 65.1 cm³/mol. The van der Waals surface area contributed by atoms with Crippen molar-refractivity contribution < 1.29 is 47.7 Å². The van der Waals surface area contributed by atoms with Gasteiger partial charge in [-0.2, -0.15) is 16.8 Å². The van der Waals surface area contributed by atoms with Gasteiger partial charge in [-0.1, -0.05) is 0 Å². The summed E-state index contributed by atoms with van der Waals surface area (Å²) in [6.07, 6.45) is 0. The molecule has 0 spiro atoms. The third kappa shape index (κ3) is 3.65. The molecule has 0 heterocycles. The van der Waals surface area contributed by atoms with Crippen LogP contribution in [0.4, 0.5) is 5.69 Å². The summed E-state index contributed by atoms with van der Waals surface area (Å²) in [4.78, 5) is 0.358. The molecular formula is C7H6Br2N2O7S2. The lowest BCUT2D eigenvalue weighted by molar-refractivity contribution is -0.0000128. The summed E-state index contributed by atoms with van der Waals surface area (Å²) < 4.78 is 67.1. The normalized spacial score (nSPS) is 11.3. The Morgan fingerprint density at radius 1 is 1.25 bits per heavy atom. The maximum absolute atomic E-state index is 11.2. The Balaban J connectivity index is 0.00000361. The molecule has 2 N–H and O–H groups in total. The van der Waals surface area contributed by atoms with Crippen molar-refractivity contribution in [1.29, 1.82) is 5.39 Å². The first-order valence-corrected chi connectivity index (χ1v) is 7.92. The summed E-state index contributed by atoms with van der Waals surface area (Å²) in [7, 11) is -8.82. The molecule has 9 nitrogen and oxygen atoms in total. The molecule has 0 atom stereocenters. The zero-order valence-corrected chi connectivity index (χ0v) is 14.3. The molecule has 0 aliphatic rings. The van der Waals surface area contributed by atoms with E-state index >= 15 is 0 Å². The minimum absolute atomic E-state index is 0. The van der Waals surface area contributed by atoms with Gasteiger partial charge in [-0.3, -0.25) is 9.11 Å². The van der Waals surface area contributed by atoms with Gasteiger partial charge in [-0.15, -0.1) is 0 Å². The van der Waals surface area contributed by atoms with Crippen LogP contribution in [0.2, 0.25) is 0 Å². The molecular weight excluding hydrogens is 448 g/mol. The van der Waals surface area contributed by atoms with Crippen LogP contribution in [0.3, 0.4) is 0 Å². The van der Waals surface area contributed by atoms with E-state index in [4.69, 9.17) is 14.5 Å². The van der Waals surface area contributed by atoms with Gasteiger partial charge in [0, 0.05) is 0 Å². The van der Waals surface area contributed by atoms with E-state index in [9.17, 15) is 16.8 Å². The highest BCUT2D eigenvalue weighted by molar-refractivity contribution is 9.10. The quantitative estimate of drug-likeness (QED) is 0.412. The van der Waals surface area contributed by atoms with E-state index in [2.05, 4.69) is 25.6 Å². The van der Waals surface area contributed by atoms with Crippen LogP contribution in [0.15, 0.2) is 20.3 Å². The van der Waals surface area contributed by atoms with Crippen LogP contribution in [-0.2, 0) is 20.2 Å². The van der Waals surface area contributed by atoms with Crippen molar-refractivity contribution in [2.45, 2.75) is 9.79 Å². The lowest BCUT2D eigenvalue weighted by Crippen LogP contribution is -3.00. The van der Waals surface area contributed by atoms with Crippen molar-refractivity contribution in [1.82, 2.24) is 0 Å². The molecule has 0 unspecified atom stereocenters. The fourth-order valence-corrected chi connectivity index (χ4v) is 3.71. The SMILES string of the molecule is COc1c(Br)cc(S(=O)(=O)O)c([N+]#N)c1S(=O)(=O)O.[Br-]. The number of rotatable bonds is 3. The van der Waals surface area contributed by atoms with Crippen molar-refractivity contribution in [2.75, 3.05) is 7.11 Å². The zero-order valence-electron chi connectivity index (χ0n) is 9.48. The van der Waals surface area contributed by atoms with E-state index in [0.717, 1.165) is 13.2 Å². The van der Waals surface area contributed by atoms with Gasteiger partial charge in [-0.05, 0) is 22.0 Å². The maximum atomic E-state index is 11.2. The van der Waals surface area contributed by atoms with Gasteiger partial charge in [0.2, 0.25) is 10.3 Å². The van der Waals surface area contributed by atoms with Crippen molar-refractivity contribution in [2.24, 2.45) is 0 Å². The zero-order chi connectivity index (χ0) is 15.0. The summed E-state index contributed by atoms with van der Waals surface area (Å²) in [5.74, 6) is -0.484. The average Bonchev–Trinajstić information content (AvgIpc) is 2.24. The van der Waals surface area contributed by atoms with E-state index in [0.29, 0.717) is 0 Å². The van der Waals surface area contributed by atoms with Crippen LogP contribution < -0.4 is 21.7 Å². The lowest BCUT2D eigenvalue weighted by Gasteiger charge is -2.07. The highest BCUT2D eigenvalue weighted by atomic mass is 79.9. The molecule has 1 aromatic carbocycles. The molecule has 1 rings (SSSR count). The van der Waals surface area contributed by atoms with Crippen LogP contribution in [0, 0.1) is 5.39 Å². The summed E-state index contributed by atoms with van der Waals surface area (Å²) in [5, 5.41) is 8.74. The van der Waals surface area contributed by atoms with E-state index in [1.807, 2.05) is 0 Å². The monoisotopic (exact) mass is 452 g/mol. The lowest BCUT2D eigenvalue weighted by atomic mass is 10.3. The molecule has 0 saturated heterocycles. The van der Waals surface area contributed by atoms with Crippen LogP contribution >= 0.6 is 15.9 Å². The minimum Gasteiger partial charge on any atom is -1.00 e. The van der Waals surface area contributed by atoms with Crippen molar-refractivity contribution in [3.8, 4) is 5.75 Å². The highest BCUT2D eigenvalue weighted by Gasteiger charge is 2.39. The summed E-state index contributed by atoms with van der Waals surface area (Å²) in [6, 6.07) is 0.762. The molecule has 0 bridgehead atoms. The third-order valence-corrected chi connectivity index (χ3v) is 4.32. The molecule has 0 radical (unpaired) electrons. The Labute approximate surface area is 133 Å². The number of hydrogen-bond acceptors (Lipinski definition) is 6. The van der Waals surface area contributed by atoms with Gasteiger partial charge in [0.25, 0.3) is 0 Å². The molecule has 20 heavy (non-hydrogen) atoms. The van der Waals surface area contributed by atoms with Gasteiger partial charge in [0.15, 0.2) is 15.6 Å². The fourth-order valence-electron chi connectivity index (χ4n) is 1.30. The van der Waals surface area contributed by atoms with Gasteiger partial charge >= 0.3 is 25.9 Å². The first kappa shape index (κ1) is 19.2. The molecule has 0 fully saturated rings. The first-order chi connectivity index (χ1) is 8.54. The Hall–Kier alpha value is -0.780. The maximum Gasteiger partial charge on any atom is 0.430 e. The Kier molecular flexibility index (Phi) is 6.08. The standard InChI is InChI=1S/C7H5BrN2O7S2.BrH/c1-17-6-3(8)2-4(18(11,12)13)5(10-9)7(6)19(14,15)16;/h2H,1H3,(H-,11,12,13,14,15,16);1H. The number of nitrogens with zero attached hydrogens (tertiary/aromatic N) is 2. The van der Waals surface area contributed by atoms with Crippen LogP contribution in [0.25, 0.3) is 4.98 Å². The largest absolute Gasteiger partial charge is 1.00 e. The van der Waals surface area contributed by atoms with E-state index in [-0.39, 0.29) is 21.5 Å². The molecule has 0 amide bonds. The summed E-state index contributed by atoms with van der Waals surface area (Å²) in [5.41, 5.74) is -1.06. The van der Waals surface area contributed by atoms with Crippen molar-refractivity contribution >= 4 is 41.9 Å². The third-order valence-electron chi connectivity index (χ3n) is 1.97. The van der Waals surface area contributed by atoms with E-state index in [1.54, 1.807) is 0 Å². The van der Waals surface area contributed by atoms with Crippen LogP contribution in [-0.4, -0.2) is 33.1 Å². The number of diazo groups is 1. The second-order valence-electron chi connectivity index (χ2n) is 3.12. The second-order valence-corrected chi connectivity index (χ2v) is 6.72. The Bertz CT molecular complexity index is 782. The van der Waals surface area contributed by atoms with Gasteiger partial charge < -0.3 is 21.7 Å². The van der Waals surface area contributed by atoms with Crippen LogP contribution in [0.5, 0.6) is 5.75 Å². The second kappa shape index (κ2) is 6.33. The molecule has 0 saturated carbocycles. The summed E-state index contributed by atoms with van der Waals surface area (Å²) in [6.45, 7) is 0. The van der Waals surface area contributed by atoms with E-state index < -0.39 is 41.5 Å². The topological polar surface area (TPSA) is 146 Å². The van der Waals surface area contributed by atoms with Gasteiger partial charge in [0.1, 0.15) is 0 Å².